The van der Waals surface area contributed by atoms with Gasteiger partial charge in [-0.2, -0.15) is 0 Å². The zero-order valence-corrected chi connectivity index (χ0v) is 54.1. The minimum absolute atomic E-state index is 0.390. The molecule has 0 saturated heterocycles. The Balaban J connectivity index is 0.756. The van der Waals surface area contributed by atoms with Crippen molar-refractivity contribution < 1.29 is 4.74 Å². The van der Waals surface area contributed by atoms with Crippen molar-refractivity contribution in [2.45, 2.75) is 88.6 Å². The Morgan fingerprint density at radius 1 is 0.351 bits per heavy atom. The Labute approximate surface area is 555 Å². The fourth-order valence-electron chi connectivity index (χ4n) is 16.1. The van der Waals surface area contributed by atoms with E-state index in [9.17, 15) is 0 Å². The first-order chi connectivity index (χ1) is 46.3. The molecule has 16 rings (SSSR count). The van der Waals surface area contributed by atoms with Gasteiger partial charge < -0.3 is 9.64 Å². The van der Waals surface area contributed by atoms with Crippen LogP contribution in [0.25, 0.3) is 44.5 Å². The average molecular weight is 1210 g/mol. The van der Waals surface area contributed by atoms with E-state index in [1.165, 1.54) is 130 Å². The molecule has 3 unspecified atom stereocenters. The molecule has 0 radical (unpaired) electrons. The second-order valence-electron chi connectivity index (χ2n) is 26.7. The number of benzene rings is 13. The zero-order valence-electron chi connectivity index (χ0n) is 54.1. The molecular formula is C92H77NO. The van der Waals surface area contributed by atoms with Crippen LogP contribution in [-0.4, -0.2) is 0 Å². The molecule has 13 aromatic carbocycles. The Bertz CT molecular complexity index is 4820. The molecule has 456 valence electrons. The Morgan fingerprint density at radius 3 is 1.32 bits per heavy atom. The molecule has 2 nitrogen and oxygen atoms in total. The number of ether oxygens (including phenoxy) is 1. The summed E-state index contributed by atoms with van der Waals surface area (Å²) in [7, 11) is 0. The molecule has 3 aliphatic rings. The van der Waals surface area contributed by atoms with Gasteiger partial charge in [0.15, 0.2) is 0 Å². The lowest BCUT2D eigenvalue weighted by atomic mass is 9.67. The van der Waals surface area contributed by atoms with Crippen LogP contribution in [0.3, 0.4) is 0 Å². The fraction of sp³-hybridized carbons (Fsp3) is 0.152. The van der Waals surface area contributed by atoms with Gasteiger partial charge in [0, 0.05) is 17.1 Å². The van der Waals surface area contributed by atoms with Gasteiger partial charge in [0.25, 0.3) is 0 Å². The van der Waals surface area contributed by atoms with Gasteiger partial charge in [-0.15, -0.1) is 0 Å². The molecule has 0 spiro atoms. The molecule has 0 amide bonds. The summed E-state index contributed by atoms with van der Waals surface area (Å²) in [4.78, 5) is 2.50. The number of hydrogen-bond acceptors (Lipinski definition) is 2. The van der Waals surface area contributed by atoms with E-state index in [2.05, 4.69) is 348 Å². The van der Waals surface area contributed by atoms with Gasteiger partial charge in [-0.1, -0.05) is 295 Å². The average Bonchev–Trinajstić information content (AvgIpc) is 1.52. The predicted molar refractivity (Wildman–Crippen MR) is 391 cm³/mol. The molecule has 0 saturated carbocycles. The summed E-state index contributed by atoms with van der Waals surface area (Å²) in [5.74, 6) is 2.16. The highest BCUT2D eigenvalue weighted by Gasteiger charge is 2.48. The highest BCUT2D eigenvalue weighted by atomic mass is 16.5. The third-order valence-corrected chi connectivity index (χ3v) is 21.2. The minimum atomic E-state index is -0.662. The van der Waals surface area contributed by atoms with Gasteiger partial charge in [-0.25, -0.2) is 0 Å². The molecule has 3 atom stereocenters. The van der Waals surface area contributed by atoms with Crippen LogP contribution < -0.4 is 9.64 Å². The maximum atomic E-state index is 6.65. The second-order valence-corrected chi connectivity index (χ2v) is 26.7. The van der Waals surface area contributed by atoms with Crippen molar-refractivity contribution in [3.05, 3.63) is 393 Å². The molecule has 0 aliphatic heterocycles. The smallest absolute Gasteiger partial charge is 0.119 e. The van der Waals surface area contributed by atoms with Crippen LogP contribution in [0, 0.1) is 0 Å². The normalized spacial score (nSPS) is 15.2. The number of rotatable bonds is 18. The highest BCUT2D eigenvalue weighted by Crippen LogP contribution is 2.60. The van der Waals surface area contributed by atoms with Crippen molar-refractivity contribution in [3.8, 4) is 50.3 Å². The minimum Gasteiger partial charge on any atom is -0.489 e. The molecule has 0 bridgehead atoms. The Kier molecular flexibility index (Phi) is 15.3. The summed E-state index contributed by atoms with van der Waals surface area (Å²) >= 11 is 0. The molecule has 0 aromatic heterocycles. The number of fused-ring (bicyclic) bond motifs is 7. The number of hydrogen-bond donors (Lipinski definition) is 0. The maximum Gasteiger partial charge on any atom is 0.119 e. The van der Waals surface area contributed by atoms with Crippen molar-refractivity contribution >= 4 is 17.1 Å². The van der Waals surface area contributed by atoms with Crippen molar-refractivity contribution in [2.24, 2.45) is 0 Å². The third-order valence-electron chi connectivity index (χ3n) is 21.2. The molecule has 3 aliphatic carbocycles. The standard InChI is InChI=1S/C92H77NO/c1-5-65(69-31-33-71(34-32-69)73-37-35-72-36-38-74(72)58-73)57-63(4)67-43-53-82(54-44-67)94-61-64-29-45-77(46-30-64)92(78-47-39-66(40-48-78)62(2)3)88-28-18-16-26-84(88)86-56-52-81(60-90(86)92)93(79-49-41-70(42-50-79)68-19-9-6-10-20-68)80-51-55-85-83-25-15-17-27-87(83)91(89(85)59-80,75-21-11-7-12-22-75)76-23-13-8-14-24-76/h6-35,37,39-56,58-60,62-63,65H,5,36,38,57,61H2,1-4H3. The van der Waals surface area contributed by atoms with Gasteiger partial charge in [-0.05, 0) is 214 Å². The van der Waals surface area contributed by atoms with E-state index in [0.717, 1.165) is 41.2 Å². The Hall–Kier alpha value is -10.5. The summed E-state index contributed by atoms with van der Waals surface area (Å²) in [6.45, 7) is 9.73. The van der Waals surface area contributed by atoms with Crippen LogP contribution in [0.15, 0.2) is 315 Å². The van der Waals surface area contributed by atoms with Gasteiger partial charge in [0.1, 0.15) is 12.4 Å². The first-order valence-corrected chi connectivity index (χ1v) is 34.0. The van der Waals surface area contributed by atoms with Crippen LogP contribution in [0.5, 0.6) is 5.75 Å². The van der Waals surface area contributed by atoms with E-state index in [-0.39, 0.29) is 0 Å². The molecule has 0 fully saturated rings. The largest absolute Gasteiger partial charge is 0.489 e. The first kappa shape index (κ1) is 58.5. The van der Waals surface area contributed by atoms with Gasteiger partial charge >= 0.3 is 0 Å². The summed E-state index contributed by atoms with van der Waals surface area (Å²) in [5.41, 5.74) is 30.3. The van der Waals surface area contributed by atoms with Crippen LogP contribution in [-0.2, 0) is 30.3 Å². The van der Waals surface area contributed by atoms with E-state index in [1.807, 2.05) is 0 Å². The van der Waals surface area contributed by atoms with Crippen molar-refractivity contribution in [2.75, 3.05) is 4.90 Å². The summed E-state index contributed by atoms with van der Waals surface area (Å²) in [6.07, 6.45) is 4.63. The van der Waals surface area contributed by atoms with Gasteiger partial charge in [0.2, 0.25) is 0 Å². The van der Waals surface area contributed by atoms with E-state index in [1.54, 1.807) is 0 Å². The van der Waals surface area contributed by atoms with Gasteiger partial charge in [-0.3, -0.25) is 0 Å². The van der Waals surface area contributed by atoms with Crippen LogP contribution in [0.1, 0.15) is 136 Å². The lowest BCUT2D eigenvalue weighted by Gasteiger charge is -2.36. The topological polar surface area (TPSA) is 12.5 Å². The second kappa shape index (κ2) is 24.5. The van der Waals surface area contributed by atoms with E-state index in [0.29, 0.717) is 24.4 Å². The van der Waals surface area contributed by atoms with Crippen LogP contribution in [0.2, 0.25) is 0 Å². The lowest BCUT2D eigenvalue weighted by Crippen LogP contribution is -2.29. The number of anilines is 3. The highest BCUT2D eigenvalue weighted by molar-refractivity contribution is 5.92. The first-order valence-electron chi connectivity index (χ1n) is 34.0. The SMILES string of the molecule is CCC(CC(C)c1ccc(OCc2ccc(C3(c4ccc(C(C)C)cc4)c4ccccc4-c4ccc(N(c5ccc(-c6ccccc6)cc5)c5ccc6c(c5)C(c5ccccc5)(c5ccccc5)c5ccccc5-6)cc43)cc2)cc1)c1ccc(-c2ccc3c(c2)CC3)cc1. The van der Waals surface area contributed by atoms with E-state index < -0.39 is 10.8 Å². The fourth-order valence-corrected chi connectivity index (χ4v) is 16.1. The summed E-state index contributed by atoms with van der Waals surface area (Å²) < 4.78 is 6.65. The van der Waals surface area contributed by atoms with Crippen molar-refractivity contribution in [3.63, 3.8) is 0 Å². The third kappa shape index (κ3) is 10.1. The Morgan fingerprint density at radius 2 is 0.787 bits per heavy atom. The molecule has 13 aromatic rings. The zero-order chi connectivity index (χ0) is 63.3. The predicted octanol–water partition coefficient (Wildman–Crippen LogP) is 23.7. The summed E-state index contributed by atoms with van der Waals surface area (Å²) in [5, 5.41) is 0. The van der Waals surface area contributed by atoms with E-state index in [4.69, 9.17) is 4.74 Å². The number of nitrogens with zero attached hydrogens (tertiary/aromatic N) is 1. The molecule has 2 heteroatoms. The number of aryl methyl sites for hydroxylation is 2. The monoisotopic (exact) mass is 1210 g/mol. The quantitative estimate of drug-likeness (QED) is 0.0849. The van der Waals surface area contributed by atoms with Crippen LogP contribution in [0.4, 0.5) is 17.1 Å². The van der Waals surface area contributed by atoms with Crippen LogP contribution >= 0.6 is 0 Å². The van der Waals surface area contributed by atoms with Crippen molar-refractivity contribution in [1.29, 1.82) is 0 Å². The van der Waals surface area contributed by atoms with Gasteiger partial charge in [0.05, 0.1) is 10.8 Å². The lowest BCUT2D eigenvalue weighted by molar-refractivity contribution is 0.306. The molecule has 0 heterocycles. The van der Waals surface area contributed by atoms with E-state index >= 15 is 0 Å². The molecular weight excluding hydrogens is 1140 g/mol. The summed E-state index contributed by atoms with van der Waals surface area (Å²) in [6, 6.07) is 119. The van der Waals surface area contributed by atoms with Crippen molar-refractivity contribution in [1.82, 2.24) is 0 Å². The molecule has 0 N–H and O–H groups in total. The molecule has 94 heavy (non-hydrogen) atoms. The maximum absolute atomic E-state index is 6.65.